The van der Waals surface area contributed by atoms with Gasteiger partial charge in [-0.05, 0) is 54.2 Å². The van der Waals surface area contributed by atoms with E-state index < -0.39 is 17.1 Å². The van der Waals surface area contributed by atoms with Gasteiger partial charge in [0.15, 0.2) is 0 Å². The van der Waals surface area contributed by atoms with E-state index in [1.165, 1.54) is 12.1 Å². The van der Waals surface area contributed by atoms with Gasteiger partial charge in [-0.2, -0.15) is 0 Å². The highest BCUT2D eigenvalue weighted by Gasteiger charge is 2.37. The summed E-state index contributed by atoms with van der Waals surface area (Å²) < 4.78 is 11.4. The summed E-state index contributed by atoms with van der Waals surface area (Å²) in [7, 11) is 0. The third kappa shape index (κ3) is 5.69. The molecule has 8 nitrogen and oxygen atoms in total. The van der Waals surface area contributed by atoms with E-state index in [0.29, 0.717) is 41.4 Å². The van der Waals surface area contributed by atoms with Gasteiger partial charge in [0.1, 0.15) is 12.3 Å². The van der Waals surface area contributed by atoms with Crippen molar-refractivity contribution in [3.05, 3.63) is 68.0 Å². The van der Waals surface area contributed by atoms with Crippen LogP contribution in [0.2, 0.25) is 5.02 Å². The van der Waals surface area contributed by atoms with Gasteiger partial charge in [-0.15, -0.1) is 0 Å². The number of imide groups is 1. The minimum atomic E-state index is -0.622. The van der Waals surface area contributed by atoms with Gasteiger partial charge in [-0.1, -0.05) is 33.6 Å². The Morgan fingerprint density at radius 3 is 2.65 bits per heavy atom. The van der Waals surface area contributed by atoms with Crippen LogP contribution < -0.4 is 4.74 Å². The second-order valence-corrected chi connectivity index (χ2v) is 9.69. The minimum Gasteiger partial charge on any atom is -0.422 e. The van der Waals surface area contributed by atoms with Gasteiger partial charge in [0.25, 0.3) is 11.1 Å². The number of benzene rings is 2. The first-order valence-electron chi connectivity index (χ1n) is 10.2. The second-order valence-electron chi connectivity index (χ2n) is 7.34. The number of carbonyl (C=O) groups excluding carboxylic acids is 4. The fourth-order valence-electron chi connectivity index (χ4n) is 3.32. The summed E-state index contributed by atoms with van der Waals surface area (Å²) >= 11 is 10.0. The topological polar surface area (TPSA) is 93.2 Å². The summed E-state index contributed by atoms with van der Waals surface area (Å²) in [5.41, 5.74) is 0.679. The third-order valence-corrected chi connectivity index (χ3v) is 6.69. The molecule has 34 heavy (non-hydrogen) atoms. The molecule has 2 fully saturated rings. The molecule has 0 atom stereocenters. The van der Waals surface area contributed by atoms with Crippen molar-refractivity contribution in [2.24, 2.45) is 0 Å². The van der Waals surface area contributed by atoms with Gasteiger partial charge < -0.3 is 14.4 Å². The summed E-state index contributed by atoms with van der Waals surface area (Å²) in [4.78, 5) is 53.1. The van der Waals surface area contributed by atoms with E-state index >= 15 is 0 Å². The average molecular weight is 566 g/mol. The van der Waals surface area contributed by atoms with E-state index in [9.17, 15) is 19.2 Å². The van der Waals surface area contributed by atoms with Gasteiger partial charge in [0, 0.05) is 28.1 Å². The third-order valence-electron chi connectivity index (χ3n) is 5.05. The van der Waals surface area contributed by atoms with Gasteiger partial charge in [-0.25, -0.2) is 4.79 Å². The van der Waals surface area contributed by atoms with E-state index in [0.717, 1.165) is 16.7 Å². The zero-order valence-corrected chi connectivity index (χ0v) is 20.8. The largest absolute Gasteiger partial charge is 0.422 e. The number of morpholine rings is 1. The van der Waals surface area contributed by atoms with Crippen molar-refractivity contribution < 1.29 is 28.7 Å². The highest BCUT2D eigenvalue weighted by atomic mass is 79.9. The molecule has 0 saturated carbocycles. The summed E-state index contributed by atoms with van der Waals surface area (Å²) in [6.07, 6.45) is 1.47. The number of carbonyl (C=O) groups is 4. The Morgan fingerprint density at radius 1 is 1.15 bits per heavy atom. The van der Waals surface area contributed by atoms with Gasteiger partial charge in [0.2, 0.25) is 5.91 Å². The zero-order chi connectivity index (χ0) is 24.2. The fraction of sp³-hybridized carbons (Fsp3) is 0.217. The lowest BCUT2D eigenvalue weighted by atomic mass is 10.1. The maximum atomic E-state index is 12.9. The lowest BCUT2D eigenvalue weighted by Gasteiger charge is -2.28. The van der Waals surface area contributed by atoms with E-state index in [1.807, 2.05) is 0 Å². The summed E-state index contributed by atoms with van der Waals surface area (Å²) in [6, 6.07) is 11.3. The quantitative estimate of drug-likeness (QED) is 0.304. The second kappa shape index (κ2) is 10.7. The Kier molecular flexibility index (Phi) is 7.72. The highest BCUT2D eigenvalue weighted by molar-refractivity contribution is 9.10. The molecule has 0 aliphatic carbocycles. The number of halogens is 2. The Balaban J connectivity index is 1.53. The lowest BCUT2D eigenvalue weighted by Crippen LogP contribution is -2.46. The monoisotopic (exact) mass is 564 g/mol. The van der Waals surface area contributed by atoms with Crippen LogP contribution in [-0.4, -0.2) is 65.7 Å². The number of hydrogen-bond acceptors (Lipinski definition) is 7. The maximum Gasteiger partial charge on any atom is 0.343 e. The van der Waals surface area contributed by atoms with Crippen molar-refractivity contribution >= 4 is 68.4 Å². The SMILES string of the molecule is O=C(Oc1ccc(Br)cc1/C=C1\SC(=O)N(CC(=O)N2CCOCC2)C1=O)c1cccc(Cl)c1. The van der Waals surface area contributed by atoms with E-state index in [1.54, 1.807) is 41.3 Å². The average Bonchev–Trinajstić information content (AvgIpc) is 3.08. The Bertz CT molecular complexity index is 1200. The molecule has 2 aromatic rings. The number of amides is 3. The molecule has 0 aromatic heterocycles. The van der Waals surface area contributed by atoms with Crippen molar-refractivity contribution in [3.8, 4) is 5.75 Å². The van der Waals surface area contributed by atoms with Gasteiger partial charge in [0.05, 0.1) is 23.7 Å². The molecule has 11 heteroatoms. The van der Waals surface area contributed by atoms with Crippen molar-refractivity contribution in [2.45, 2.75) is 0 Å². The summed E-state index contributed by atoms with van der Waals surface area (Å²) in [6.45, 7) is 1.35. The van der Waals surface area contributed by atoms with Crippen molar-refractivity contribution in [2.75, 3.05) is 32.8 Å². The van der Waals surface area contributed by atoms with Crippen LogP contribution in [0.1, 0.15) is 15.9 Å². The van der Waals surface area contributed by atoms with Crippen LogP contribution in [0.4, 0.5) is 4.79 Å². The van der Waals surface area contributed by atoms with Crippen LogP contribution in [0.25, 0.3) is 6.08 Å². The molecule has 2 aromatic carbocycles. The number of ether oxygens (including phenoxy) is 2. The normalized spacial score (nSPS) is 17.4. The standard InChI is InChI=1S/C23H18BrClN2O6S/c24-16-4-5-18(33-22(30)14-2-1-3-17(25)11-14)15(10-16)12-19-21(29)27(23(31)34-19)13-20(28)26-6-8-32-9-7-26/h1-5,10-12H,6-9,13H2/b19-12-. The molecular formula is C23H18BrClN2O6S. The molecule has 0 N–H and O–H groups in total. The van der Waals surface area contributed by atoms with E-state index in [-0.39, 0.29) is 28.7 Å². The van der Waals surface area contributed by atoms with E-state index in [4.69, 9.17) is 21.1 Å². The molecule has 3 amide bonds. The summed E-state index contributed by atoms with van der Waals surface area (Å²) in [5.74, 6) is -1.32. The molecule has 176 valence electrons. The molecular weight excluding hydrogens is 548 g/mol. The van der Waals surface area contributed by atoms with Crippen LogP contribution >= 0.6 is 39.3 Å². The molecule has 2 saturated heterocycles. The zero-order valence-electron chi connectivity index (χ0n) is 17.7. The molecule has 2 heterocycles. The Morgan fingerprint density at radius 2 is 1.91 bits per heavy atom. The van der Waals surface area contributed by atoms with E-state index in [2.05, 4.69) is 15.9 Å². The lowest BCUT2D eigenvalue weighted by molar-refractivity contribution is -0.139. The minimum absolute atomic E-state index is 0.123. The number of hydrogen-bond donors (Lipinski definition) is 0. The number of esters is 1. The maximum absolute atomic E-state index is 12.9. The molecule has 2 aliphatic heterocycles. The molecule has 0 radical (unpaired) electrons. The predicted octanol–water partition coefficient (Wildman–Crippen LogP) is 4.22. The van der Waals surface area contributed by atoms with Crippen molar-refractivity contribution in [1.82, 2.24) is 9.80 Å². The van der Waals surface area contributed by atoms with Crippen molar-refractivity contribution in [3.63, 3.8) is 0 Å². The highest BCUT2D eigenvalue weighted by Crippen LogP contribution is 2.35. The molecule has 0 unspecified atom stereocenters. The predicted molar refractivity (Wildman–Crippen MR) is 131 cm³/mol. The first-order chi connectivity index (χ1) is 16.3. The first-order valence-corrected chi connectivity index (χ1v) is 12.2. The number of nitrogens with zero attached hydrogens (tertiary/aromatic N) is 2. The van der Waals surface area contributed by atoms with Gasteiger partial charge >= 0.3 is 5.97 Å². The fourth-order valence-corrected chi connectivity index (χ4v) is 4.72. The van der Waals surface area contributed by atoms with Crippen LogP contribution in [-0.2, 0) is 14.3 Å². The van der Waals surface area contributed by atoms with Crippen LogP contribution in [0, 0.1) is 0 Å². The number of rotatable bonds is 5. The number of thioether (sulfide) groups is 1. The molecule has 4 rings (SSSR count). The molecule has 0 bridgehead atoms. The molecule has 2 aliphatic rings. The first kappa shape index (κ1) is 24.5. The van der Waals surface area contributed by atoms with Crippen LogP contribution in [0.5, 0.6) is 5.75 Å². The van der Waals surface area contributed by atoms with Crippen LogP contribution in [0.15, 0.2) is 51.8 Å². The molecule has 0 spiro atoms. The van der Waals surface area contributed by atoms with Gasteiger partial charge in [-0.3, -0.25) is 19.3 Å². The Labute approximate surface area is 212 Å². The summed E-state index contributed by atoms with van der Waals surface area (Å²) in [5, 5.41) is -0.142. The van der Waals surface area contributed by atoms with Crippen LogP contribution in [0.3, 0.4) is 0 Å². The van der Waals surface area contributed by atoms with Crippen molar-refractivity contribution in [1.29, 1.82) is 0 Å². The smallest absolute Gasteiger partial charge is 0.343 e. The Hall–Kier alpha value is -2.66.